The average molecular weight is 388 g/mol. The van der Waals surface area contributed by atoms with Crippen LogP contribution in [0, 0.1) is 3.57 Å². The first-order valence-corrected chi connectivity index (χ1v) is 6.98. The number of carbonyl (C=O) groups is 1. The average Bonchev–Trinajstić information content (AvgIpc) is 2.41. The Morgan fingerprint density at radius 3 is 2.53 bits per heavy atom. The molecule has 5 heteroatoms. The summed E-state index contributed by atoms with van der Waals surface area (Å²) in [5.74, 6) is -0.415. The third-order valence-electron chi connectivity index (χ3n) is 2.51. The van der Waals surface area contributed by atoms with Crippen LogP contribution in [-0.2, 0) is 11.3 Å². The number of benzene rings is 2. The maximum atomic E-state index is 11.8. The van der Waals surface area contributed by atoms with Crippen molar-refractivity contribution in [1.29, 1.82) is 0 Å². The van der Waals surface area contributed by atoms with E-state index in [1.807, 2.05) is 24.3 Å². The quantitative estimate of drug-likeness (QED) is 0.494. The van der Waals surface area contributed by atoms with Crippen LogP contribution in [0.2, 0.25) is 5.02 Å². The van der Waals surface area contributed by atoms with Gasteiger partial charge in [-0.25, -0.2) is 4.79 Å². The van der Waals surface area contributed by atoms with E-state index >= 15 is 0 Å². The first-order chi connectivity index (χ1) is 9.06. The Morgan fingerprint density at radius 2 is 1.89 bits per heavy atom. The Bertz CT molecular complexity index is 599. The van der Waals surface area contributed by atoms with Crippen LogP contribution >= 0.6 is 34.2 Å². The number of nitrogen functional groups attached to an aromatic ring is 1. The Kier molecular flexibility index (Phi) is 4.66. The van der Waals surface area contributed by atoms with Crippen molar-refractivity contribution in [2.45, 2.75) is 6.61 Å². The van der Waals surface area contributed by atoms with E-state index in [9.17, 15) is 4.79 Å². The van der Waals surface area contributed by atoms with Gasteiger partial charge in [-0.15, -0.1) is 0 Å². The predicted octanol–water partition coefficient (Wildman–Crippen LogP) is 3.88. The van der Waals surface area contributed by atoms with Gasteiger partial charge in [0.15, 0.2) is 0 Å². The first kappa shape index (κ1) is 14.1. The number of rotatable bonds is 3. The van der Waals surface area contributed by atoms with Crippen LogP contribution in [0.25, 0.3) is 0 Å². The summed E-state index contributed by atoms with van der Waals surface area (Å²) in [6, 6.07) is 12.5. The molecular formula is C14H11ClINO2. The molecule has 0 spiro atoms. The molecule has 0 saturated carbocycles. The summed E-state index contributed by atoms with van der Waals surface area (Å²) in [4.78, 5) is 11.8. The lowest BCUT2D eigenvalue weighted by Crippen LogP contribution is -2.06. The molecule has 2 aromatic rings. The highest BCUT2D eigenvalue weighted by atomic mass is 127. The lowest BCUT2D eigenvalue weighted by molar-refractivity contribution is 0.0473. The molecule has 0 aliphatic rings. The standard InChI is InChI=1S/C14H11ClINO2/c15-12-6-3-10(7-13(12)17)14(18)19-8-9-1-4-11(16)5-2-9/h1-7H,8,17H2. The molecule has 0 radical (unpaired) electrons. The number of ether oxygens (including phenoxy) is 1. The maximum absolute atomic E-state index is 11.8. The van der Waals surface area contributed by atoms with Gasteiger partial charge in [0.05, 0.1) is 16.3 Å². The molecule has 0 atom stereocenters. The van der Waals surface area contributed by atoms with Gasteiger partial charge in [-0.05, 0) is 58.5 Å². The van der Waals surface area contributed by atoms with E-state index in [-0.39, 0.29) is 6.61 Å². The Hall–Kier alpha value is -1.27. The van der Waals surface area contributed by atoms with Crippen LogP contribution in [0.1, 0.15) is 15.9 Å². The molecule has 0 saturated heterocycles. The number of carbonyl (C=O) groups excluding carboxylic acids is 1. The van der Waals surface area contributed by atoms with Gasteiger partial charge >= 0.3 is 5.97 Å². The fourth-order valence-corrected chi connectivity index (χ4v) is 1.96. The van der Waals surface area contributed by atoms with Crippen molar-refractivity contribution < 1.29 is 9.53 Å². The van der Waals surface area contributed by atoms with E-state index in [2.05, 4.69) is 22.6 Å². The maximum Gasteiger partial charge on any atom is 0.338 e. The lowest BCUT2D eigenvalue weighted by Gasteiger charge is -2.06. The Morgan fingerprint density at radius 1 is 1.21 bits per heavy atom. The van der Waals surface area contributed by atoms with E-state index in [1.54, 1.807) is 12.1 Å². The van der Waals surface area contributed by atoms with Crippen molar-refractivity contribution >= 4 is 45.8 Å². The number of nitrogens with two attached hydrogens (primary N) is 1. The molecular weight excluding hydrogens is 377 g/mol. The van der Waals surface area contributed by atoms with Crippen LogP contribution < -0.4 is 5.73 Å². The van der Waals surface area contributed by atoms with Gasteiger partial charge in [0.2, 0.25) is 0 Å². The molecule has 0 aliphatic carbocycles. The van der Waals surface area contributed by atoms with Crippen molar-refractivity contribution in [3.05, 3.63) is 62.2 Å². The van der Waals surface area contributed by atoms with Crippen molar-refractivity contribution in [3.63, 3.8) is 0 Å². The van der Waals surface area contributed by atoms with Crippen LogP contribution in [0.3, 0.4) is 0 Å². The number of hydrogen-bond donors (Lipinski definition) is 1. The molecule has 2 rings (SSSR count). The SMILES string of the molecule is Nc1cc(C(=O)OCc2ccc(I)cc2)ccc1Cl. The largest absolute Gasteiger partial charge is 0.457 e. The molecule has 0 aliphatic heterocycles. The molecule has 0 fully saturated rings. The van der Waals surface area contributed by atoms with Crippen molar-refractivity contribution in [2.24, 2.45) is 0 Å². The minimum atomic E-state index is -0.415. The van der Waals surface area contributed by atoms with Gasteiger partial charge in [0.25, 0.3) is 0 Å². The zero-order valence-corrected chi connectivity index (χ0v) is 12.8. The predicted molar refractivity (Wildman–Crippen MR) is 84.1 cm³/mol. The highest BCUT2D eigenvalue weighted by Gasteiger charge is 2.09. The monoisotopic (exact) mass is 387 g/mol. The number of halogens is 2. The minimum Gasteiger partial charge on any atom is -0.457 e. The van der Waals surface area contributed by atoms with Crippen molar-refractivity contribution in [1.82, 2.24) is 0 Å². The van der Waals surface area contributed by atoms with Crippen molar-refractivity contribution in [2.75, 3.05) is 5.73 Å². The third kappa shape index (κ3) is 3.84. The fourth-order valence-electron chi connectivity index (χ4n) is 1.48. The van der Waals surface area contributed by atoms with Gasteiger partial charge in [-0.3, -0.25) is 0 Å². The van der Waals surface area contributed by atoms with Gasteiger partial charge < -0.3 is 10.5 Å². The van der Waals surface area contributed by atoms with E-state index in [0.717, 1.165) is 9.13 Å². The highest BCUT2D eigenvalue weighted by molar-refractivity contribution is 14.1. The minimum absolute atomic E-state index is 0.234. The van der Waals surface area contributed by atoms with E-state index in [1.165, 1.54) is 6.07 Å². The highest BCUT2D eigenvalue weighted by Crippen LogP contribution is 2.20. The molecule has 0 bridgehead atoms. The summed E-state index contributed by atoms with van der Waals surface area (Å²) in [6.07, 6.45) is 0. The number of esters is 1. The van der Waals surface area contributed by atoms with E-state index in [4.69, 9.17) is 22.1 Å². The van der Waals surface area contributed by atoms with Crippen LogP contribution in [-0.4, -0.2) is 5.97 Å². The van der Waals surface area contributed by atoms with Crippen LogP contribution in [0.5, 0.6) is 0 Å². The number of hydrogen-bond acceptors (Lipinski definition) is 3. The zero-order valence-electron chi connectivity index (χ0n) is 9.90. The molecule has 19 heavy (non-hydrogen) atoms. The molecule has 98 valence electrons. The second-order valence-corrected chi connectivity index (χ2v) is 5.59. The van der Waals surface area contributed by atoms with Crippen LogP contribution in [0.4, 0.5) is 5.69 Å². The molecule has 0 unspecified atom stereocenters. The summed E-state index contributed by atoms with van der Waals surface area (Å²) in [5.41, 5.74) is 7.34. The smallest absolute Gasteiger partial charge is 0.338 e. The topological polar surface area (TPSA) is 52.3 Å². The summed E-state index contributed by atoms with van der Waals surface area (Å²) in [5, 5.41) is 0.425. The molecule has 2 N–H and O–H groups in total. The first-order valence-electron chi connectivity index (χ1n) is 5.53. The third-order valence-corrected chi connectivity index (χ3v) is 3.58. The molecule has 3 nitrogen and oxygen atoms in total. The summed E-state index contributed by atoms with van der Waals surface area (Å²) >= 11 is 8.02. The summed E-state index contributed by atoms with van der Waals surface area (Å²) in [7, 11) is 0. The molecule has 0 heterocycles. The Labute approximate surface area is 129 Å². The fraction of sp³-hybridized carbons (Fsp3) is 0.0714. The second kappa shape index (κ2) is 6.25. The second-order valence-electron chi connectivity index (χ2n) is 3.94. The van der Waals surface area contributed by atoms with Gasteiger partial charge in [-0.2, -0.15) is 0 Å². The van der Waals surface area contributed by atoms with E-state index in [0.29, 0.717) is 16.3 Å². The zero-order chi connectivity index (χ0) is 13.8. The van der Waals surface area contributed by atoms with E-state index < -0.39 is 5.97 Å². The Balaban J connectivity index is 2.01. The molecule has 0 amide bonds. The summed E-state index contributed by atoms with van der Waals surface area (Å²) < 4.78 is 6.35. The van der Waals surface area contributed by atoms with Gasteiger partial charge in [0, 0.05) is 3.57 Å². The number of anilines is 1. The van der Waals surface area contributed by atoms with Crippen LogP contribution in [0.15, 0.2) is 42.5 Å². The summed E-state index contributed by atoms with van der Waals surface area (Å²) in [6.45, 7) is 0.234. The molecule has 2 aromatic carbocycles. The molecule has 0 aromatic heterocycles. The van der Waals surface area contributed by atoms with Gasteiger partial charge in [0.1, 0.15) is 6.61 Å². The van der Waals surface area contributed by atoms with Crippen molar-refractivity contribution in [3.8, 4) is 0 Å². The van der Waals surface area contributed by atoms with Gasteiger partial charge in [-0.1, -0.05) is 23.7 Å². The normalized spacial score (nSPS) is 10.2. The lowest BCUT2D eigenvalue weighted by atomic mass is 10.2.